The van der Waals surface area contributed by atoms with Gasteiger partial charge in [0.1, 0.15) is 5.75 Å². The van der Waals surface area contributed by atoms with Crippen molar-refractivity contribution in [3.05, 3.63) is 29.3 Å². The molecule has 0 heterocycles. The lowest BCUT2D eigenvalue weighted by Gasteiger charge is -2.50. The summed E-state index contributed by atoms with van der Waals surface area (Å²) in [6.45, 7) is 2.22. The Bertz CT molecular complexity index is 684. The predicted molar refractivity (Wildman–Crippen MR) is 94.2 cm³/mol. The molecule has 3 aliphatic carbocycles. The number of carbonyl (C=O) groups is 1. The zero-order chi connectivity index (χ0) is 17.8. The Kier molecular flexibility index (Phi) is 4.06. The molecule has 0 radical (unpaired) electrons. The lowest BCUT2D eigenvalue weighted by atomic mass is 9.55. The van der Waals surface area contributed by atoms with Crippen LogP contribution in [0, 0.1) is 23.2 Å². The van der Waals surface area contributed by atoms with E-state index in [-0.39, 0.29) is 17.3 Å². The van der Waals surface area contributed by atoms with Crippen molar-refractivity contribution < 1.29 is 19.7 Å². The summed E-state index contributed by atoms with van der Waals surface area (Å²) >= 11 is 0. The minimum atomic E-state index is -0.418. The minimum absolute atomic E-state index is 0.0161. The molecule has 2 saturated carbocycles. The van der Waals surface area contributed by atoms with Crippen LogP contribution in [-0.2, 0) is 16.0 Å². The largest absolute Gasteiger partial charge is 0.508 e. The molecule has 0 aliphatic heterocycles. The number of carbonyl (C=O) groups excluding carboxylic acids is 1. The fraction of sp³-hybridized carbons (Fsp3) is 0.667. The van der Waals surface area contributed by atoms with Crippen LogP contribution in [0.15, 0.2) is 18.2 Å². The molecule has 25 heavy (non-hydrogen) atoms. The van der Waals surface area contributed by atoms with Gasteiger partial charge in [-0.2, -0.15) is 0 Å². The molecule has 3 aliphatic rings. The van der Waals surface area contributed by atoms with Gasteiger partial charge in [-0.15, -0.1) is 0 Å². The first-order valence-electron chi connectivity index (χ1n) is 9.50. The van der Waals surface area contributed by atoms with Crippen LogP contribution >= 0.6 is 0 Å². The molecule has 0 aromatic heterocycles. The number of aliphatic hydroxyl groups is 1. The molecule has 0 amide bonds. The number of ether oxygens (including phenoxy) is 1. The summed E-state index contributed by atoms with van der Waals surface area (Å²) in [5, 5.41) is 20.7. The van der Waals surface area contributed by atoms with E-state index in [0.29, 0.717) is 29.9 Å². The first kappa shape index (κ1) is 16.9. The molecular weight excluding hydrogens is 316 g/mol. The van der Waals surface area contributed by atoms with Crippen LogP contribution in [0.4, 0.5) is 0 Å². The zero-order valence-corrected chi connectivity index (χ0v) is 15.1. The minimum Gasteiger partial charge on any atom is -0.508 e. The predicted octanol–water partition coefficient (Wildman–Crippen LogP) is 3.40. The van der Waals surface area contributed by atoms with E-state index in [0.717, 1.165) is 32.1 Å². The van der Waals surface area contributed by atoms with E-state index in [1.165, 1.54) is 18.2 Å². The fourth-order valence-electron chi connectivity index (χ4n) is 6.21. The lowest BCUT2D eigenvalue weighted by molar-refractivity contribution is -0.143. The molecule has 0 spiro atoms. The van der Waals surface area contributed by atoms with Crippen molar-refractivity contribution in [1.82, 2.24) is 0 Å². The Morgan fingerprint density at radius 1 is 1.36 bits per heavy atom. The van der Waals surface area contributed by atoms with Crippen LogP contribution in [0.5, 0.6) is 5.75 Å². The molecule has 1 aromatic rings. The van der Waals surface area contributed by atoms with Gasteiger partial charge in [0, 0.05) is 0 Å². The highest BCUT2D eigenvalue weighted by atomic mass is 16.5. The highest BCUT2D eigenvalue weighted by molar-refractivity contribution is 5.69. The number of hydrogen-bond donors (Lipinski definition) is 2. The van der Waals surface area contributed by atoms with E-state index in [1.54, 1.807) is 6.07 Å². The Morgan fingerprint density at radius 3 is 2.92 bits per heavy atom. The number of rotatable bonds is 2. The van der Waals surface area contributed by atoms with Crippen molar-refractivity contribution >= 4 is 5.97 Å². The number of aliphatic hydroxyl groups excluding tert-OH is 1. The maximum absolute atomic E-state index is 11.7. The van der Waals surface area contributed by atoms with Crippen LogP contribution in [0.3, 0.4) is 0 Å². The number of hydrogen-bond acceptors (Lipinski definition) is 4. The molecular formula is C21H28O4. The van der Waals surface area contributed by atoms with Gasteiger partial charge in [0.25, 0.3) is 0 Å². The molecule has 6 atom stereocenters. The van der Waals surface area contributed by atoms with Crippen LogP contribution in [0.25, 0.3) is 0 Å². The van der Waals surface area contributed by atoms with Crippen LogP contribution < -0.4 is 0 Å². The van der Waals surface area contributed by atoms with Crippen LogP contribution in [0.1, 0.15) is 56.1 Å². The number of aromatic hydroxyl groups is 1. The topological polar surface area (TPSA) is 66.8 Å². The van der Waals surface area contributed by atoms with Crippen molar-refractivity contribution in [2.24, 2.45) is 23.2 Å². The SMILES string of the molecule is COC(=O)CC1CC2C3CCc4cc(O)ccc4C3CC[C@]2(C)[C@H]1O. The molecule has 1 aromatic carbocycles. The third-order valence-electron chi connectivity index (χ3n) is 7.48. The van der Waals surface area contributed by atoms with E-state index < -0.39 is 6.10 Å². The Morgan fingerprint density at radius 2 is 2.16 bits per heavy atom. The average molecular weight is 344 g/mol. The van der Waals surface area contributed by atoms with Gasteiger partial charge in [0.2, 0.25) is 0 Å². The standard InChI is InChI=1S/C21H28O4/c1-21-8-7-16-15-6-4-14(22)9-12(15)3-5-17(16)18(21)10-13(20(21)24)11-19(23)25-2/h4,6,9,13,16-18,20,22,24H,3,5,7-8,10-11H2,1-2H3/t13?,16?,17?,18?,20-,21-/m0/s1. The summed E-state index contributed by atoms with van der Waals surface area (Å²) in [6.07, 6.45) is 5.01. The summed E-state index contributed by atoms with van der Waals surface area (Å²) in [5.41, 5.74) is 2.59. The van der Waals surface area contributed by atoms with Gasteiger partial charge in [-0.25, -0.2) is 0 Å². The number of phenolic OH excluding ortho intramolecular Hbond substituents is 1. The van der Waals surface area contributed by atoms with Gasteiger partial charge in [-0.3, -0.25) is 4.79 Å². The molecule has 2 fully saturated rings. The number of fused-ring (bicyclic) bond motifs is 5. The zero-order valence-electron chi connectivity index (χ0n) is 15.1. The Hall–Kier alpha value is -1.55. The molecule has 4 rings (SSSR count). The maximum Gasteiger partial charge on any atom is 0.305 e. The fourth-order valence-corrected chi connectivity index (χ4v) is 6.21. The molecule has 4 heteroatoms. The van der Waals surface area contributed by atoms with Crippen molar-refractivity contribution in [1.29, 1.82) is 0 Å². The second-order valence-electron chi connectivity index (χ2n) is 8.56. The second-order valence-corrected chi connectivity index (χ2v) is 8.56. The molecule has 4 unspecified atom stereocenters. The number of esters is 1. The number of methoxy groups -OCH3 is 1. The molecule has 2 N–H and O–H groups in total. The van der Waals surface area contributed by atoms with E-state index >= 15 is 0 Å². The number of benzene rings is 1. The summed E-state index contributed by atoms with van der Waals surface area (Å²) in [5.74, 6) is 1.69. The molecule has 0 saturated heterocycles. The molecule has 4 nitrogen and oxygen atoms in total. The number of aryl methyl sites for hydroxylation is 1. The second kappa shape index (κ2) is 6.01. The monoisotopic (exact) mass is 344 g/mol. The summed E-state index contributed by atoms with van der Waals surface area (Å²) in [7, 11) is 1.42. The summed E-state index contributed by atoms with van der Waals surface area (Å²) < 4.78 is 4.84. The van der Waals surface area contributed by atoms with Gasteiger partial charge in [0.15, 0.2) is 0 Å². The third kappa shape index (κ3) is 2.57. The van der Waals surface area contributed by atoms with E-state index in [4.69, 9.17) is 4.74 Å². The quantitative estimate of drug-likeness (QED) is 0.807. The summed E-state index contributed by atoms with van der Waals surface area (Å²) in [6, 6.07) is 5.82. The highest BCUT2D eigenvalue weighted by Gasteiger charge is 2.58. The van der Waals surface area contributed by atoms with Gasteiger partial charge in [-0.1, -0.05) is 13.0 Å². The van der Waals surface area contributed by atoms with Gasteiger partial charge < -0.3 is 14.9 Å². The highest BCUT2D eigenvalue weighted by Crippen LogP contribution is 2.62. The van der Waals surface area contributed by atoms with E-state index in [2.05, 4.69) is 13.0 Å². The summed E-state index contributed by atoms with van der Waals surface area (Å²) in [4.78, 5) is 11.7. The van der Waals surface area contributed by atoms with Crippen molar-refractivity contribution in [2.45, 2.75) is 57.5 Å². The molecule has 136 valence electrons. The Labute approximate surface area is 149 Å². The van der Waals surface area contributed by atoms with E-state index in [1.807, 2.05) is 6.07 Å². The maximum atomic E-state index is 11.7. The normalized spacial score (nSPS) is 39.2. The lowest BCUT2D eigenvalue weighted by Crippen LogP contribution is -2.44. The first-order valence-corrected chi connectivity index (χ1v) is 9.50. The van der Waals surface area contributed by atoms with Crippen LogP contribution in [0.2, 0.25) is 0 Å². The van der Waals surface area contributed by atoms with E-state index in [9.17, 15) is 15.0 Å². The van der Waals surface area contributed by atoms with Gasteiger partial charge in [0.05, 0.1) is 19.6 Å². The van der Waals surface area contributed by atoms with Crippen molar-refractivity contribution in [3.8, 4) is 5.75 Å². The Balaban J connectivity index is 1.62. The molecule has 0 bridgehead atoms. The van der Waals surface area contributed by atoms with Gasteiger partial charge in [-0.05, 0) is 84.5 Å². The van der Waals surface area contributed by atoms with Crippen molar-refractivity contribution in [2.75, 3.05) is 7.11 Å². The third-order valence-corrected chi connectivity index (χ3v) is 7.48. The van der Waals surface area contributed by atoms with Gasteiger partial charge >= 0.3 is 5.97 Å². The first-order chi connectivity index (χ1) is 11.9. The smallest absolute Gasteiger partial charge is 0.305 e. The van der Waals surface area contributed by atoms with Crippen molar-refractivity contribution in [3.63, 3.8) is 0 Å². The average Bonchev–Trinajstić information content (AvgIpc) is 2.85. The number of phenols is 1. The van der Waals surface area contributed by atoms with Crippen LogP contribution in [-0.4, -0.2) is 29.4 Å².